The van der Waals surface area contributed by atoms with Crippen LogP contribution < -0.4 is 10.6 Å². The van der Waals surface area contributed by atoms with Gasteiger partial charge in [0.05, 0.1) is 0 Å². The molecule has 1 aliphatic rings. The monoisotopic (exact) mass is 276 g/mol. The maximum Gasteiger partial charge on any atom is 0.150 e. The standard InChI is InChI=1S/C10H11BrF2N2/c11-6-3-8(12)10(9(13)4-6)15-7-1-2-14-5-7/h3-4,7,14-15H,1-2,5H2. The molecule has 1 aliphatic heterocycles. The molecule has 15 heavy (non-hydrogen) atoms. The van der Waals surface area contributed by atoms with Gasteiger partial charge in [0, 0.05) is 17.1 Å². The summed E-state index contributed by atoms with van der Waals surface area (Å²) in [5, 5.41) is 6.00. The molecule has 1 aromatic carbocycles. The zero-order chi connectivity index (χ0) is 10.8. The molecule has 0 saturated carbocycles. The number of hydrogen-bond donors (Lipinski definition) is 2. The van der Waals surface area contributed by atoms with Crippen LogP contribution in [0.1, 0.15) is 6.42 Å². The Balaban J connectivity index is 2.19. The molecular formula is C10H11BrF2N2. The molecule has 1 fully saturated rings. The number of hydrogen-bond acceptors (Lipinski definition) is 2. The Kier molecular flexibility index (Phi) is 3.21. The first-order valence-corrected chi connectivity index (χ1v) is 5.58. The zero-order valence-corrected chi connectivity index (χ0v) is 9.57. The number of nitrogens with one attached hydrogen (secondary N) is 2. The van der Waals surface area contributed by atoms with Crippen LogP contribution in [0, 0.1) is 11.6 Å². The lowest BCUT2D eigenvalue weighted by molar-refractivity contribution is 0.581. The lowest BCUT2D eigenvalue weighted by Crippen LogP contribution is -2.23. The molecule has 1 heterocycles. The van der Waals surface area contributed by atoms with Crippen LogP contribution in [0.4, 0.5) is 14.5 Å². The third-order valence-corrected chi connectivity index (χ3v) is 2.87. The molecule has 0 spiro atoms. The van der Waals surface area contributed by atoms with Gasteiger partial charge in [-0.1, -0.05) is 15.9 Å². The summed E-state index contributed by atoms with van der Waals surface area (Å²) in [6.07, 6.45) is 0.884. The fraction of sp³-hybridized carbons (Fsp3) is 0.400. The van der Waals surface area contributed by atoms with Gasteiger partial charge in [0.1, 0.15) is 17.3 Å². The average Bonchev–Trinajstić information content (AvgIpc) is 2.63. The molecule has 0 aliphatic carbocycles. The molecule has 1 unspecified atom stereocenters. The van der Waals surface area contributed by atoms with Gasteiger partial charge in [-0.3, -0.25) is 0 Å². The largest absolute Gasteiger partial charge is 0.376 e. The van der Waals surface area contributed by atoms with Crippen molar-refractivity contribution in [2.24, 2.45) is 0 Å². The zero-order valence-electron chi connectivity index (χ0n) is 7.99. The molecule has 1 aromatic rings. The van der Waals surface area contributed by atoms with Crippen LogP contribution in [0.25, 0.3) is 0 Å². The summed E-state index contributed by atoms with van der Waals surface area (Å²) in [7, 11) is 0. The predicted octanol–water partition coefficient (Wildman–Crippen LogP) is 2.50. The fourth-order valence-electron chi connectivity index (χ4n) is 1.66. The third kappa shape index (κ3) is 2.46. The van der Waals surface area contributed by atoms with Crippen LogP contribution in [0.2, 0.25) is 0 Å². The summed E-state index contributed by atoms with van der Waals surface area (Å²) in [6.45, 7) is 1.63. The molecule has 2 rings (SSSR count). The van der Waals surface area contributed by atoms with Gasteiger partial charge in [0.2, 0.25) is 0 Å². The minimum atomic E-state index is -0.561. The normalized spacial score (nSPS) is 20.6. The topological polar surface area (TPSA) is 24.1 Å². The minimum absolute atomic E-state index is 0.0353. The lowest BCUT2D eigenvalue weighted by atomic mass is 10.2. The van der Waals surface area contributed by atoms with Crippen molar-refractivity contribution in [3.63, 3.8) is 0 Å². The maximum atomic E-state index is 13.4. The van der Waals surface area contributed by atoms with Gasteiger partial charge in [-0.25, -0.2) is 8.78 Å². The molecule has 0 radical (unpaired) electrons. The summed E-state index contributed by atoms with van der Waals surface area (Å²) in [6, 6.07) is 2.62. The first-order valence-electron chi connectivity index (χ1n) is 4.78. The Hall–Kier alpha value is -0.680. The highest BCUT2D eigenvalue weighted by Gasteiger charge is 2.18. The van der Waals surface area contributed by atoms with E-state index in [9.17, 15) is 8.78 Å². The number of halogens is 3. The van der Waals surface area contributed by atoms with Gasteiger partial charge in [0.15, 0.2) is 0 Å². The van der Waals surface area contributed by atoms with E-state index in [1.54, 1.807) is 0 Å². The van der Waals surface area contributed by atoms with E-state index in [2.05, 4.69) is 26.6 Å². The molecule has 5 heteroatoms. The maximum absolute atomic E-state index is 13.4. The number of anilines is 1. The van der Waals surface area contributed by atoms with E-state index < -0.39 is 11.6 Å². The lowest BCUT2D eigenvalue weighted by Gasteiger charge is -2.14. The second kappa shape index (κ2) is 4.45. The first kappa shape index (κ1) is 10.8. The molecule has 0 aromatic heterocycles. The third-order valence-electron chi connectivity index (χ3n) is 2.42. The summed E-state index contributed by atoms with van der Waals surface area (Å²) >= 11 is 3.04. The van der Waals surface area contributed by atoms with Crippen LogP contribution in [0.15, 0.2) is 16.6 Å². The minimum Gasteiger partial charge on any atom is -0.376 e. The van der Waals surface area contributed by atoms with Crippen molar-refractivity contribution in [1.29, 1.82) is 0 Å². The molecule has 0 amide bonds. The second-order valence-electron chi connectivity index (χ2n) is 3.58. The summed E-state index contributed by atoms with van der Waals surface area (Å²) in [4.78, 5) is 0. The highest BCUT2D eigenvalue weighted by molar-refractivity contribution is 9.10. The van der Waals surface area contributed by atoms with E-state index >= 15 is 0 Å². The van der Waals surface area contributed by atoms with E-state index in [1.807, 2.05) is 0 Å². The average molecular weight is 277 g/mol. The molecule has 0 bridgehead atoms. The smallest absolute Gasteiger partial charge is 0.150 e. The summed E-state index contributed by atoms with van der Waals surface area (Å²) < 4.78 is 27.2. The van der Waals surface area contributed by atoms with Crippen molar-refractivity contribution < 1.29 is 8.78 Å². The van der Waals surface area contributed by atoms with Crippen LogP contribution in [-0.2, 0) is 0 Å². The Morgan fingerprint density at radius 1 is 1.33 bits per heavy atom. The summed E-state index contributed by atoms with van der Waals surface area (Å²) in [5.41, 5.74) is -0.0353. The van der Waals surface area contributed by atoms with Crippen molar-refractivity contribution in [2.75, 3.05) is 18.4 Å². The highest BCUT2D eigenvalue weighted by Crippen LogP contribution is 2.24. The van der Waals surface area contributed by atoms with Gasteiger partial charge in [-0.05, 0) is 25.1 Å². The van der Waals surface area contributed by atoms with Gasteiger partial charge in [0.25, 0.3) is 0 Å². The quantitative estimate of drug-likeness (QED) is 0.868. The van der Waals surface area contributed by atoms with E-state index in [-0.39, 0.29) is 11.7 Å². The van der Waals surface area contributed by atoms with Gasteiger partial charge in [-0.2, -0.15) is 0 Å². The van der Waals surface area contributed by atoms with Crippen LogP contribution in [-0.4, -0.2) is 19.1 Å². The molecular weight excluding hydrogens is 266 g/mol. The molecule has 82 valence electrons. The number of benzene rings is 1. The highest BCUT2D eigenvalue weighted by atomic mass is 79.9. The fourth-order valence-corrected chi connectivity index (χ4v) is 2.06. The van der Waals surface area contributed by atoms with Gasteiger partial charge < -0.3 is 10.6 Å². The predicted molar refractivity (Wildman–Crippen MR) is 59.0 cm³/mol. The first-order chi connectivity index (χ1) is 7.16. The van der Waals surface area contributed by atoms with Crippen molar-refractivity contribution in [3.8, 4) is 0 Å². The van der Waals surface area contributed by atoms with Crippen LogP contribution in [0.3, 0.4) is 0 Å². The number of rotatable bonds is 2. The van der Waals surface area contributed by atoms with Crippen LogP contribution in [0.5, 0.6) is 0 Å². The molecule has 2 N–H and O–H groups in total. The molecule has 1 atom stereocenters. The Labute approximate surface area is 95.2 Å². The second-order valence-corrected chi connectivity index (χ2v) is 4.49. The summed E-state index contributed by atoms with van der Waals surface area (Å²) in [5.74, 6) is -1.12. The van der Waals surface area contributed by atoms with E-state index in [0.29, 0.717) is 4.47 Å². The molecule has 1 saturated heterocycles. The Morgan fingerprint density at radius 3 is 2.53 bits per heavy atom. The molecule has 2 nitrogen and oxygen atoms in total. The van der Waals surface area contributed by atoms with Crippen molar-refractivity contribution >= 4 is 21.6 Å². The van der Waals surface area contributed by atoms with Gasteiger partial charge >= 0.3 is 0 Å². The van der Waals surface area contributed by atoms with Gasteiger partial charge in [-0.15, -0.1) is 0 Å². The van der Waals surface area contributed by atoms with E-state index in [4.69, 9.17) is 0 Å². The van der Waals surface area contributed by atoms with E-state index in [1.165, 1.54) is 12.1 Å². The van der Waals surface area contributed by atoms with Crippen molar-refractivity contribution in [1.82, 2.24) is 5.32 Å². The van der Waals surface area contributed by atoms with Crippen LogP contribution >= 0.6 is 15.9 Å². The van der Waals surface area contributed by atoms with Crippen molar-refractivity contribution in [3.05, 3.63) is 28.2 Å². The van der Waals surface area contributed by atoms with E-state index in [0.717, 1.165) is 19.5 Å². The Bertz CT molecular complexity index is 341. The van der Waals surface area contributed by atoms with Crippen molar-refractivity contribution in [2.45, 2.75) is 12.5 Å². The SMILES string of the molecule is Fc1cc(Br)cc(F)c1NC1CCNC1. The Morgan fingerprint density at radius 2 is 2.00 bits per heavy atom.